The minimum atomic E-state index is 0.0255. The summed E-state index contributed by atoms with van der Waals surface area (Å²) in [5.41, 5.74) is 8.40. The van der Waals surface area contributed by atoms with E-state index in [-0.39, 0.29) is 6.61 Å². The van der Waals surface area contributed by atoms with E-state index < -0.39 is 0 Å². The van der Waals surface area contributed by atoms with E-state index in [2.05, 4.69) is 6.07 Å². The molecule has 0 aliphatic carbocycles. The monoisotopic (exact) mass is 254 g/mol. The summed E-state index contributed by atoms with van der Waals surface area (Å²) in [6, 6.07) is 14.5. The van der Waals surface area contributed by atoms with Crippen LogP contribution in [0.5, 0.6) is 5.75 Å². The van der Waals surface area contributed by atoms with E-state index in [1.165, 1.54) is 0 Å². The van der Waals surface area contributed by atoms with E-state index in [1.54, 1.807) is 18.2 Å². The van der Waals surface area contributed by atoms with Crippen molar-refractivity contribution in [1.82, 2.24) is 0 Å². The van der Waals surface area contributed by atoms with Crippen LogP contribution in [-0.4, -0.2) is 5.11 Å². The minimum Gasteiger partial charge on any atom is -0.488 e. The number of benzene rings is 2. The van der Waals surface area contributed by atoms with Crippen LogP contribution in [0.2, 0.25) is 0 Å². The molecule has 2 rings (SSSR count). The highest BCUT2D eigenvalue weighted by Crippen LogP contribution is 2.21. The van der Waals surface area contributed by atoms with Crippen LogP contribution in [0.4, 0.5) is 5.69 Å². The number of nitrogens with zero attached hydrogens (tertiary/aromatic N) is 1. The van der Waals surface area contributed by atoms with Gasteiger partial charge in [-0.15, -0.1) is 0 Å². The van der Waals surface area contributed by atoms with Crippen LogP contribution in [0.1, 0.15) is 16.7 Å². The largest absolute Gasteiger partial charge is 0.488 e. The Kier molecular flexibility index (Phi) is 4.01. The van der Waals surface area contributed by atoms with Gasteiger partial charge in [0.25, 0.3) is 0 Å². The van der Waals surface area contributed by atoms with E-state index in [4.69, 9.17) is 20.8 Å². The summed E-state index contributed by atoms with van der Waals surface area (Å²) in [4.78, 5) is 0. The molecule has 0 aliphatic rings. The van der Waals surface area contributed by atoms with E-state index >= 15 is 0 Å². The summed E-state index contributed by atoms with van der Waals surface area (Å²) in [5, 5.41) is 17.9. The molecule has 0 fully saturated rings. The molecule has 0 bridgehead atoms. The highest BCUT2D eigenvalue weighted by atomic mass is 16.5. The number of nitriles is 1. The number of aliphatic hydroxyl groups is 1. The normalized spacial score (nSPS) is 9.89. The Morgan fingerprint density at radius 1 is 1.11 bits per heavy atom. The predicted octanol–water partition coefficient (Wildman–Crippen LogP) is 2.21. The number of hydrogen-bond donors (Lipinski definition) is 2. The zero-order valence-electron chi connectivity index (χ0n) is 10.3. The second kappa shape index (κ2) is 5.89. The molecule has 0 atom stereocenters. The van der Waals surface area contributed by atoms with E-state index in [1.807, 2.05) is 24.3 Å². The van der Waals surface area contributed by atoms with Gasteiger partial charge >= 0.3 is 0 Å². The summed E-state index contributed by atoms with van der Waals surface area (Å²) in [5.74, 6) is 0.517. The number of ether oxygens (including phenoxy) is 1. The zero-order valence-corrected chi connectivity index (χ0v) is 10.3. The molecular weight excluding hydrogens is 240 g/mol. The number of nitrogens with two attached hydrogens (primary N) is 1. The molecule has 0 spiro atoms. The summed E-state index contributed by atoms with van der Waals surface area (Å²) in [7, 11) is 0. The molecule has 2 aromatic carbocycles. The average molecular weight is 254 g/mol. The molecule has 0 saturated heterocycles. The molecule has 0 radical (unpaired) electrons. The number of anilines is 1. The second-order valence-corrected chi connectivity index (χ2v) is 4.13. The first-order valence-electron chi connectivity index (χ1n) is 5.84. The smallest absolute Gasteiger partial charge is 0.137 e. The number of rotatable bonds is 4. The molecule has 0 saturated carbocycles. The topological polar surface area (TPSA) is 79.3 Å². The summed E-state index contributed by atoms with van der Waals surface area (Å²) in [6.45, 7) is 0.391. The lowest BCUT2D eigenvalue weighted by atomic mass is 10.1. The molecule has 0 aromatic heterocycles. The third-order valence-corrected chi connectivity index (χ3v) is 2.72. The number of hydrogen-bond acceptors (Lipinski definition) is 4. The molecule has 0 heterocycles. The van der Waals surface area contributed by atoms with E-state index in [9.17, 15) is 0 Å². The summed E-state index contributed by atoms with van der Waals surface area (Å²) in [6.07, 6.45) is 0. The number of aliphatic hydroxyl groups excluding tert-OH is 1. The molecule has 4 heteroatoms. The third-order valence-electron chi connectivity index (χ3n) is 2.72. The van der Waals surface area contributed by atoms with Crippen molar-refractivity contribution < 1.29 is 9.84 Å². The van der Waals surface area contributed by atoms with E-state index in [0.717, 1.165) is 11.1 Å². The highest BCUT2D eigenvalue weighted by Gasteiger charge is 2.04. The number of nitrogen functional groups attached to an aromatic ring is 1. The van der Waals surface area contributed by atoms with Crippen molar-refractivity contribution in [3.05, 3.63) is 59.2 Å². The first kappa shape index (κ1) is 12.9. The van der Waals surface area contributed by atoms with Crippen molar-refractivity contribution >= 4 is 5.69 Å². The van der Waals surface area contributed by atoms with Crippen LogP contribution in [0, 0.1) is 11.3 Å². The lowest BCUT2D eigenvalue weighted by Gasteiger charge is -2.08. The quantitative estimate of drug-likeness (QED) is 0.820. The van der Waals surface area contributed by atoms with Crippen molar-refractivity contribution in [1.29, 1.82) is 5.26 Å². The Morgan fingerprint density at radius 3 is 2.42 bits per heavy atom. The summed E-state index contributed by atoms with van der Waals surface area (Å²) < 4.78 is 5.60. The lowest BCUT2D eigenvalue weighted by Crippen LogP contribution is -1.98. The van der Waals surface area contributed by atoms with Gasteiger partial charge in [-0.25, -0.2) is 0 Å². The predicted molar refractivity (Wildman–Crippen MR) is 72.3 cm³/mol. The van der Waals surface area contributed by atoms with Crippen molar-refractivity contribution in [3.63, 3.8) is 0 Å². The third kappa shape index (κ3) is 3.24. The fourth-order valence-electron chi connectivity index (χ4n) is 1.66. The van der Waals surface area contributed by atoms with Crippen LogP contribution >= 0.6 is 0 Å². The molecule has 0 aliphatic heterocycles. The molecule has 0 amide bonds. The SMILES string of the molecule is N#Cc1cc(N)ccc1OCc1ccc(CO)cc1. The zero-order chi connectivity index (χ0) is 13.7. The summed E-state index contributed by atoms with van der Waals surface area (Å²) >= 11 is 0. The van der Waals surface area contributed by atoms with Crippen LogP contribution in [-0.2, 0) is 13.2 Å². The van der Waals surface area contributed by atoms with Crippen LogP contribution in [0.15, 0.2) is 42.5 Å². The second-order valence-electron chi connectivity index (χ2n) is 4.13. The van der Waals surface area contributed by atoms with Gasteiger partial charge in [0.2, 0.25) is 0 Å². The fraction of sp³-hybridized carbons (Fsp3) is 0.133. The van der Waals surface area contributed by atoms with Crippen molar-refractivity contribution in [2.75, 3.05) is 5.73 Å². The van der Waals surface area contributed by atoms with Gasteiger partial charge in [-0.05, 0) is 29.3 Å². The molecule has 19 heavy (non-hydrogen) atoms. The van der Waals surface area contributed by atoms with Gasteiger partial charge in [-0.2, -0.15) is 5.26 Å². The highest BCUT2D eigenvalue weighted by molar-refractivity contribution is 5.53. The van der Waals surface area contributed by atoms with Crippen molar-refractivity contribution in [2.45, 2.75) is 13.2 Å². The fourth-order valence-corrected chi connectivity index (χ4v) is 1.66. The van der Waals surface area contributed by atoms with Crippen LogP contribution < -0.4 is 10.5 Å². The maximum absolute atomic E-state index is 9.00. The van der Waals surface area contributed by atoms with Gasteiger partial charge in [0, 0.05) is 5.69 Å². The van der Waals surface area contributed by atoms with Gasteiger partial charge in [0.1, 0.15) is 18.4 Å². The average Bonchev–Trinajstić information content (AvgIpc) is 2.46. The Hall–Kier alpha value is -2.51. The maximum Gasteiger partial charge on any atom is 0.137 e. The lowest BCUT2D eigenvalue weighted by molar-refractivity contribution is 0.281. The van der Waals surface area contributed by atoms with Gasteiger partial charge in [-0.3, -0.25) is 0 Å². The Balaban J connectivity index is 2.08. The standard InChI is InChI=1S/C15H14N2O2/c16-8-13-7-14(17)5-6-15(13)19-10-12-3-1-11(9-18)2-4-12/h1-7,18H,9-10,17H2. The van der Waals surface area contributed by atoms with Gasteiger partial charge < -0.3 is 15.6 Å². The Labute approximate surface area is 111 Å². The van der Waals surface area contributed by atoms with Gasteiger partial charge in [0.05, 0.1) is 12.2 Å². The maximum atomic E-state index is 9.00. The molecular formula is C15H14N2O2. The Bertz CT molecular complexity index is 601. The Morgan fingerprint density at radius 2 is 1.79 bits per heavy atom. The van der Waals surface area contributed by atoms with Crippen molar-refractivity contribution in [3.8, 4) is 11.8 Å². The van der Waals surface area contributed by atoms with Gasteiger partial charge in [0.15, 0.2) is 0 Å². The molecule has 96 valence electrons. The molecule has 3 N–H and O–H groups in total. The molecule has 2 aromatic rings. The van der Waals surface area contributed by atoms with Crippen molar-refractivity contribution in [2.24, 2.45) is 0 Å². The van der Waals surface area contributed by atoms with Crippen LogP contribution in [0.3, 0.4) is 0 Å². The first-order valence-corrected chi connectivity index (χ1v) is 5.84. The van der Waals surface area contributed by atoms with E-state index in [0.29, 0.717) is 23.6 Å². The molecule has 0 unspecified atom stereocenters. The van der Waals surface area contributed by atoms with Crippen LogP contribution in [0.25, 0.3) is 0 Å². The minimum absolute atomic E-state index is 0.0255. The molecule has 4 nitrogen and oxygen atoms in total. The first-order chi connectivity index (χ1) is 9.22. The van der Waals surface area contributed by atoms with Gasteiger partial charge in [-0.1, -0.05) is 24.3 Å².